The van der Waals surface area contributed by atoms with E-state index >= 15 is 0 Å². The van der Waals surface area contributed by atoms with Crippen molar-refractivity contribution in [3.05, 3.63) is 23.8 Å². The molecule has 16 heavy (non-hydrogen) atoms. The van der Waals surface area contributed by atoms with Crippen LogP contribution in [0.15, 0.2) is 18.2 Å². The van der Waals surface area contributed by atoms with Crippen molar-refractivity contribution in [3.63, 3.8) is 0 Å². The number of anilines is 1. The van der Waals surface area contributed by atoms with Gasteiger partial charge in [-0.2, -0.15) is 0 Å². The summed E-state index contributed by atoms with van der Waals surface area (Å²) in [6.07, 6.45) is 0. The molecule has 3 nitrogen and oxygen atoms in total. The normalized spacial score (nSPS) is 12.6. The third-order valence-electron chi connectivity index (χ3n) is 2.85. The van der Waals surface area contributed by atoms with Crippen molar-refractivity contribution in [2.75, 3.05) is 12.4 Å². The van der Waals surface area contributed by atoms with Crippen LogP contribution in [0.3, 0.4) is 0 Å². The van der Waals surface area contributed by atoms with Crippen molar-refractivity contribution < 1.29 is 9.84 Å². The van der Waals surface area contributed by atoms with E-state index in [1.807, 2.05) is 18.2 Å². The third-order valence-corrected chi connectivity index (χ3v) is 2.85. The van der Waals surface area contributed by atoms with Crippen LogP contribution in [0.2, 0.25) is 0 Å². The molecule has 0 fully saturated rings. The molecule has 0 heterocycles. The molecule has 0 amide bonds. The van der Waals surface area contributed by atoms with Crippen LogP contribution in [0.5, 0.6) is 5.75 Å². The summed E-state index contributed by atoms with van der Waals surface area (Å²) in [7, 11) is 1.61. The second-order valence-electron chi connectivity index (χ2n) is 4.36. The summed E-state index contributed by atoms with van der Waals surface area (Å²) in [6.45, 7) is 6.49. The van der Waals surface area contributed by atoms with E-state index in [0.29, 0.717) is 12.0 Å². The molecule has 1 aromatic rings. The lowest BCUT2D eigenvalue weighted by Gasteiger charge is -2.19. The van der Waals surface area contributed by atoms with Gasteiger partial charge in [-0.15, -0.1) is 0 Å². The van der Waals surface area contributed by atoms with Gasteiger partial charge >= 0.3 is 0 Å². The molecule has 0 saturated heterocycles. The molecular weight excluding hydrogens is 202 g/mol. The Kier molecular flexibility index (Phi) is 4.62. The average Bonchev–Trinajstić information content (AvgIpc) is 2.28. The molecule has 0 bridgehead atoms. The number of methoxy groups -OCH3 is 1. The maximum absolute atomic E-state index is 9.21. The van der Waals surface area contributed by atoms with Crippen molar-refractivity contribution in [2.24, 2.45) is 5.92 Å². The Morgan fingerprint density at radius 2 is 2.00 bits per heavy atom. The first-order chi connectivity index (χ1) is 7.58. The van der Waals surface area contributed by atoms with E-state index in [9.17, 15) is 5.11 Å². The highest BCUT2D eigenvalue weighted by atomic mass is 16.5. The summed E-state index contributed by atoms with van der Waals surface area (Å²) in [5, 5.41) is 12.6. The summed E-state index contributed by atoms with van der Waals surface area (Å²) in [4.78, 5) is 0. The van der Waals surface area contributed by atoms with Crippen molar-refractivity contribution >= 4 is 5.69 Å². The highest BCUT2D eigenvalue weighted by Gasteiger charge is 2.08. The molecule has 0 aromatic heterocycles. The van der Waals surface area contributed by atoms with Crippen molar-refractivity contribution in [2.45, 2.75) is 33.4 Å². The molecule has 2 N–H and O–H groups in total. The van der Waals surface area contributed by atoms with E-state index in [0.717, 1.165) is 17.0 Å². The van der Waals surface area contributed by atoms with E-state index in [2.05, 4.69) is 26.1 Å². The van der Waals surface area contributed by atoms with E-state index in [1.165, 1.54) is 0 Å². The third kappa shape index (κ3) is 3.14. The molecule has 3 heteroatoms. The number of hydrogen-bond acceptors (Lipinski definition) is 3. The first-order valence-electron chi connectivity index (χ1n) is 5.62. The minimum Gasteiger partial charge on any atom is -0.496 e. The SMILES string of the molecule is COc1ccc(NC(C)C(C)C)cc1CO. The van der Waals surface area contributed by atoms with Crippen LogP contribution in [-0.4, -0.2) is 18.3 Å². The van der Waals surface area contributed by atoms with E-state index < -0.39 is 0 Å². The van der Waals surface area contributed by atoms with E-state index in [-0.39, 0.29) is 6.61 Å². The zero-order valence-electron chi connectivity index (χ0n) is 10.4. The van der Waals surface area contributed by atoms with E-state index in [1.54, 1.807) is 7.11 Å². The molecule has 1 aromatic carbocycles. The molecule has 1 atom stereocenters. The predicted molar refractivity (Wildman–Crippen MR) is 66.8 cm³/mol. The molecule has 1 unspecified atom stereocenters. The second-order valence-corrected chi connectivity index (χ2v) is 4.36. The summed E-state index contributed by atoms with van der Waals surface area (Å²) in [5.74, 6) is 1.30. The van der Waals surface area contributed by atoms with Gasteiger partial charge in [-0.1, -0.05) is 13.8 Å². The van der Waals surface area contributed by atoms with Crippen LogP contribution >= 0.6 is 0 Å². The highest BCUT2D eigenvalue weighted by Crippen LogP contribution is 2.23. The lowest BCUT2D eigenvalue weighted by atomic mass is 10.1. The van der Waals surface area contributed by atoms with E-state index in [4.69, 9.17) is 4.74 Å². The molecule has 0 aliphatic rings. The molecule has 0 aliphatic carbocycles. The Balaban J connectivity index is 2.82. The van der Waals surface area contributed by atoms with Crippen molar-refractivity contribution in [3.8, 4) is 5.75 Å². The predicted octanol–water partition coefficient (Wildman–Crippen LogP) is 2.64. The molecule has 90 valence electrons. The van der Waals surface area contributed by atoms with Gasteiger partial charge in [0, 0.05) is 17.3 Å². The smallest absolute Gasteiger partial charge is 0.124 e. The van der Waals surface area contributed by atoms with Crippen LogP contribution in [0.1, 0.15) is 26.3 Å². The van der Waals surface area contributed by atoms with Gasteiger partial charge in [0.1, 0.15) is 5.75 Å². The minimum absolute atomic E-state index is 0.00521. The number of benzene rings is 1. The topological polar surface area (TPSA) is 41.5 Å². The van der Waals surface area contributed by atoms with Crippen LogP contribution in [0.4, 0.5) is 5.69 Å². The fourth-order valence-corrected chi connectivity index (χ4v) is 1.42. The lowest BCUT2D eigenvalue weighted by Crippen LogP contribution is -2.21. The zero-order chi connectivity index (χ0) is 12.1. The second kappa shape index (κ2) is 5.75. The summed E-state index contributed by atoms with van der Waals surface area (Å²) < 4.78 is 5.16. The number of nitrogens with one attached hydrogen (secondary N) is 1. The number of aliphatic hydroxyl groups excluding tert-OH is 1. The Labute approximate surface area is 97.4 Å². The Morgan fingerprint density at radius 3 is 2.50 bits per heavy atom. The number of hydrogen-bond donors (Lipinski definition) is 2. The van der Waals surface area contributed by atoms with Gasteiger partial charge in [0.05, 0.1) is 13.7 Å². The molecular formula is C13H21NO2. The molecule has 0 radical (unpaired) electrons. The van der Waals surface area contributed by atoms with Gasteiger partial charge in [0.25, 0.3) is 0 Å². The Bertz CT molecular complexity index is 337. The quantitative estimate of drug-likeness (QED) is 0.806. The van der Waals surface area contributed by atoms with Crippen molar-refractivity contribution in [1.29, 1.82) is 0 Å². The summed E-state index contributed by atoms with van der Waals surface area (Å²) >= 11 is 0. The number of ether oxygens (including phenoxy) is 1. The fraction of sp³-hybridized carbons (Fsp3) is 0.538. The molecule has 0 saturated carbocycles. The zero-order valence-corrected chi connectivity index (χ0v) is 10.4. The van der Waals surface area contributed by atoms with Gasteiger partial charge in [-0.3, -0.25) is 0 Å². The number of rotatable bonds is 5. The minimum atomic E-state index is -0.00521. The van der Waals surface area contributed by atoms with Crippen LogP contribution < -0.4 is 10.1 Å². The summed E-state index contributed by atoms with van der Waals surface area (Å²) in [5.41, 5.74) is 1.83. The fourth-order valence-electron chi connectivity index (χ4n) is 1.42. The van der Waals surface area contributed by atoms with Gasteiger partial charge in [-0.25, -0.2) is 0 Å². The Morgan fingerprint density at radius 1 is 1.31 bits per heavy atom. The average molecular weight is 223 g/mol. The largest absolute Gasteiger partial charge is 0.496 e. The maximum Gasteiger partial charge on any atom is 0.124 e. The first kappa shape index (κ1) is 12.8. The Hall–Kier alpha value is -1.22. The molecule has 0 aliphatic heterocycles. The maximum atomic E-state index is 9.21. The van der Waals surface area contributed by atoms with Crippen LogP contribution in [0.25, 0.3) is 0 Å². The molecule has 0 spiro atoms. The summed E-state index contributed by atoms with van der Waals surface area (Å²) in [6, 6.07) is 6.18. The molecule has 1 rings (SSSR count). The van der Waals surface area contributed by atoms with Gasteiger partial charge in [0.2, 0.25) is 0 Å². The van der Waals surface area contributed by atoms with Gasteiger partial charge < -0.3 is 15.2 Å². The van der Waals surface area contributed by atoms with Crippen LogP contribution in [0, 0.1) is 5.92 Å². The lowest BCUT2D eigenvalue weighted by molar-refractivity contribution is 0.274. The highest BCUT2D eigenvalue weighted by molar-refractivity contribution is 5.51. The number of aliphatic hydroxyl groups is 1. The van der Waals surface area contributed by atoms with Gasteiger partial charge in [-0.05, 0) is 31.0 Å². The standard InChI is InChI=1S/C13H21NO2/c1-9(2)10(3)14-12-5-6-13(16-4)11(7-12)8-15/h5-7,9-10,14-15H,8H2,1-4H3. The van der Waals surface area contributed by atoms with Crippen molar-refractivity contribution in [1.82, 2.24) is 0 Å². The monoisotopic (exact) mass is 223 g/mol. The van der Waals surface area contributed by atoms with Crippen LogP contribution in [-0.2, 0) is 6.61 Å². The first-order valence-corrected chi connectivity index (χ1v) is 5.62. The van der Waals surface area contributed by atoms with Gasteiger partial charge in [0.15, 0.2) is 0 Å².